The molecule has 1 aromatic carbocycles. The average molecular weight is 283 g/mol. The largest absolute Gasteiger partial charge is 0.354 e. The molecule has 1 heterocycles. The smallest absolute Gasteiger partial charge is 0.225 e. The molecule has 0 unspecified atom stereocenters. The van der Waals surface area contributed by atoms with Gasteiger partial charge in [-0.3, -0.25) is 4.79 Å². The van der Waals surface area contributed by atoms with Crippen LogP contribution in [0.15, 0.2) is 42.6 Å². The number of hydrogen-bond acceptors (Lipinski definition) is 3. The number of benzene rings is 1. The first-order valence-corrected chi connectivity index (χ1v) is 7.27. The molecule has 1 aromatic heterocycles. The van der Waals surface area contributed by atoms with Crippen LogP contribution in [0.25, 0.3) is 0 Å². The Labute approximate surface area is 125 Å². The van der Waals surface area contributed by atoms with Crippen molar-refractivity contribution in [3.05, 3.63) is 48.2 Å². The van der Waals surface area contributed by atoms with Gasteiger partial charge < -0.3 is 10.6 Å². The normalized spacial score (nSPS) is 10.2. The summed E-state index contributed by atoms with van der Waals surface area (Å²) in [7, 11) is 0. The zero-order chi connectivity index (χ0) is 15.1. The van der Waals surface area contributed by atoms with E-state index in [0.29, 0.717) is 12.2 Å². The number of amides is 1. The molecule has 21 heavy (non-hydrogen) atoms. The number of carbonyl (C=O) groups excluding carboxylic acids is 1. The first-order chi connectivity index (χ1) is 10.2. The summed E-state index contributed by atoms with van der Waals surface area (Å²) < 4.78 is 0. The Kier molecular flexibility index (Phi) is 5.32. The molecule has 0 aliphatic heterocycles. The highest BCUT2D eigenvalue weighted by molar-refractivity contribution is 5.89. The minimum absolute atomic E-state index is 0.0172. The fourth-order valence-corrected chi connectivity index (χ4v) is 1.89. The number of aryl methyl sites for hydroxylation is 1. The zero-order valence-corrected chi connectivity index (χ0v) is 12.5. The van der Waals surface area contributed by atoms with Crippen molar-refractivity contribution in [1.82, 2.24) is 4.98 Å². The van der Waals surface area contributed by atoms with Gasteiger partial charge in [-0.25, -0.2) is 4.98 Å². The lowest BCUT2D eigenvalue weighted by Crippen LogP contribution is -2.12. The van der Waals surface area contributed by atoms with Crippen molar-refractivity contribution in [2.24, 2.45) is 0 Å². The SMILES string of the molecule is CCCCC(=O)Nc1ccc(Nc2ccc(C)cc2)cn1. The molecule has 4 heteroatoms. The summed E-state index contributed by atoms with van der Waals surface area (Å²) >= 11 is 0. The summed E-state index contributed by atoms with van der Waals surface area (Å²) in [4.78, 5) is 15.9. The standard InChI is InChI=1S/C17H21N3O/c1-3-4-5-17(21)20-16-11-10-15(12-18-16)19-14-8-6-13(2)7-9-14/h6-12,19H,3-5H2,1-2H3,(H,18,20,21). The maximum absolute atomic E-state index is 11.6. The molecular weight excluding hydrogens is 262 g/mol. The molecule has 1 amide bonds. The van der Waals surface area contributed by atoms with Crippen LogP contribution in [0.3, 0.4) is 0 Å². The first kappa shape index (κ1) is 15.0. The Balaban J connectivity index is 1.92. The topological polar surface area (TPSA) is 54.0 Å². The number of hydrogen-bond donors (Lipinski definition) is 2. The van der Waals surface area contributed by atoms with Crippen LogP contribution in [0.1, 0.15) is 31.7 Å². The lowest BCUT2D eigenvalue weighted by Gasteiger charge is -2.08. The Bertz CT molecular complexity index is 576. The molecule has 2 N–H and O–H groups in total. The van der Waals surface area contributed by atoms with Gasteiger partial charge in [0.1, 0.15) is 5.82 Å². The minimum atomic E-state index is 0.0172. The molecule has 0 fully saturated rings. The fraction of sp³-hybridized carbons (Fsp3) is 0.294. The number of pyridine rings is 1. The van der Waals surface area contributed by atoms with E-state index in [1.807, 2.05) is 18.2 Å². The van der Waals surface area contributed by atoms with Crippen LogP contribution < -0.4 is 10.6 Å². The number of unbranched alkanes of at least 4 members (excludes halogenated alkanes) is 1. The van der Waals surface area contributed by atoms with Crippen LogP contribution in [0.4, 0.5) is 17.2 Å². The predicted molar refractivity (Wildman–Crippen MR) is 86.9 cm³/mol. The summed E-state index contributed by atoms with van der Waals surface area (Å²) in [6, 6.07) is 11.9. The Morgan fingerprint density at radius 2 is 1.81 bits per heavy atom. The molecule has 0 radical (unpaired) electrons. The van der Waals surface area contributed by atoms with Gasteiger partial charge in [-0.05, 0) is 37.6 Å². The van der Waals surface area contributed by atoms with Crippen molar-refractivity contribution >= 4 is 23.1 Å². The van der Waals surface area contributed by atoms with E-state index in [0.717, 1.165) is 24.2 Å². The zero-order valence-electron chi connectivity index (χ0n) is 12.5. The summed E-state index contributed by atoms with van der Waals surface area (Å²) in [5, 5.41) is 6.07. The molecule has 2 rings (SSSR count). The van der Waals surface area contributed by atoms with E-state index in [-0.39, 0.29) is 5.91 Å². The number of carbonyl (C=O) groups is 1. The van der Waals surface area contributed by atoms with Gasteiger partial charge >= 0.3 is 0 Å². The molecule has 0 aliphatic carbocycles. The highest BCUT2D eigenvalue weighted by Crippen LogP contribution is 2.17. The maximum atomic E-state index is 11.6. The third-order valence-corrected chi connectivity index (χ3v) is 3.13. The molecule has 110 valence electrons. The second-order valence-corrected chi connectivity index (χ2v) is 5.07. The summed E-state index contributed by atoms with van der Waals surface area (Å²) in [6.07, 6.45) is 4.18. The Hall–Kier alpha value is -2.36. The molecule has 2 aromatic rings. The predicted octanol–water partition coefficient (Wildman–Crippen LogP) is 4.26. The van der Waals surface area contributed by atoms with Crippen molar-refractivity contribution in [3.8, 4) is 0 Å². The van der Waals surface area contributed by atoms with E-state index in [1.165, 1.54) is 5.56 Å². The number of rotatable bonds is 6. The number of nitrogens with one attached hydrogen (secondary N) is 2. The summed E-state index contributed by atoms with van der Waals surface area (Å²) in [6.45, 7) is 4.12. The Morgan fingerprint density at radius 1 is 1.10 bits per heavy atom. The average Bonchev–Trinajstić information content (AvgIpc) is 2.49. The van der Waals surface area contributed by atoms with Gasteiger partial charge in [0.25, 0.3) is 0 Å². The lowest BCUT2D eigenvalue weighted by molar-refractivity contribution is -0.116. The lowest BCUT2D eigenvalue weighted by atomic mass is 10.2. The fourth-order valence-electron chi connectivity index (χ4n) is 1.89. The van der Waals surface area contributed by atoms with E-state index in [4.69, 9.17) is 0 Å². The van der Waals surface area contributed by atoms with E-state index in [1.54, 1.807) is 12.3 Å². The van der Waals surface area contributed by atoms with Crippen molar-refractivity contribution in [2.75, 3.05) is 10.6 Å². The van der Waals surface area contributed by atoms with Gasteiger partial charge in [-0.1, -0.05) is 31.0 Å². The van der Waals surface area contributed by atoms with Gasteiger partial charge in [0.05, 0.1) is 11.9 Å². The van der Waals surface area contributed by atoms with Crippen LogP contribution >= 0.6 is 0 Å². The summed E-state index contributed by atoms with van der Waals surface area (Å²) in [5.74, 6) is 0.606. The highest BCUT2D eigenvalue weighted by Gasteiger charge is 2.02. The van der Waals surface area contributed by atoms with Gasteiger partial charge in [-0.15, -0.1) is 0 Å². The third-order valence-electron chi connectivity index (χ3n) is 3.13. The maximum Gasteiger partial charge on any atom is 0.225 e. The van der Waals surface area contributed by atoms with Crippen molar-refractivity contribution in [1.29, 1.82) is 0 Å². The highest BCUT2D eigenvalue weighted by atomic mass is 16.1. The minimum Gasteiger partial charge on any atom is -0.354 e. The van der Waals surface area contributed by atoms with E-state index < -0.39 is 0 Å². The van der Waals surface area contributed by atoms with Gasteiger partial charge in [0.2, 0.25) is 5.91 Å². The van der Waals surface area contributed by atoms with Crippen molar-refractivity contribution < 1.29 is 4.79 Å². The number of anilines is 3. The summed E-state index contributed by atoms with van der Waals surface area (Å²) in [5.41, 5.74) is 3.14. The molecule has 4 nitrogen and oxygen atoms in total. The van der Waals surface area contributed by atoms with Gasteiger partial charge in [-0.2, -0.15) is 0 Å². The molecule has 0 atom stereocenters. The molecule has 0 saturated carbocycles. The molecule has 0 bridgehead atoms. The van der Waals surface area contributed by atoms with Crippen molar-refractivity contribution in [3.63, 3.8) is 0 Å². The molecule has 0 spiro atoms. The molecule has 0 aliphatic rings. The van der Waals surface area contributed by atoms with E-state index in [2.05, 4.69) is 41.6 Å². The van der Waals surface area contributed by atoms with Crippen LogP contribution in [0, 0.1) is 6.92 Å². The second-order valence-electron chi connectivity index (χ2n) is 5.07. The first-order valence-electron chi connectivity index (χ1n) is 7.27. The van der Waals surface area contributed by atoms with Crippen LogP contribution in [-0.4, -0.2) is 10.9 Å². The van der Waals surface area contributed by atoms with Crippen LogP contribution in [0.2, 0.25) is 0 Å². The monoisotopic (exact) mass is 283 g/mol. The number of aromatic nitrogens is 1. The van der Waals surface area contributed by atoms with Gasteiger partial charge in [0, 0.05) is 12.1 Å². The molecule has 0 saturated heterocycles. The van der Waals surface area contributed by atoms with E-state index in [9.17, 15) is 4.79 Å². The van der Waals surface area contributed by atoms with Gasteiger partial charge in [0.15, 0.2) is 0 Å². The van der Waals surface area contributed by atoms with Crippen LogP contribution in [0.5, 0.6) is 0 Å². The third kappa shape index (κ3) is 4.91. The molecular formula is C17H21N3O. The quantitative estimate of drug-likeness (QED) is 0.832. The number of nitrogens with zero attached hydrogens (tertiary/aromatic N) is 1. The van der Waals surface area contributed by atoms with Crippen LogP contribution in [-0.2, 0) is 4.79 Å². The van der Waals surface area contributed by atoms with E-state index >= 15 is 0 Å². The Morgan fingerprint density at radius 3 is 2.43 bits per heavy atom. The van der Waals surface area contributed by atoms with Crippen molar-refractivity contribution in [2.45, 2.75) is 33.1 Å². The second kappa shape index (κ2) is 7.43.